The van der Waals surface area contributed by atoms with Crippen LogP contribution in [0.3, 0.4) is 0 Å². The Kier molecular flexibility index (Phi) is 2.69. The number of benzene rings is 1. The van der Waals surface area contributed by atoms with E-state index in [9.17, 15) is 0 Å². The molecule has 0 aromatic heterocycles. The van der Waals surface area contributed by atoms with Gasteiger partial charge in [0.25, 0.3) is 0 Å². The van der Waals surface area contributed by atoms with Crippen LogP contribution in [0.5, 0.6) is 0 Å². The van der Waals surface area contributed by atoms with E-state index in [1.807, 2.05) is 0 Å². The van der Waals surface area contributed by atoms with Crippen LogP contribution in [0, 0.1) is 0 Å². The van der Waals surface area contributed by atoms with Crippen molar-refractivity contribution < 1.29 is 0 Å². The van der Waals surface area contributed by atoms with Crippen LogP contribution in [0.2, 0.25) is 5.82 Å². The van der Waals surface area contributed by atoms with Crippen molar-refractivity contribution >= 4 is 7.85 Å². The number of nitrogens with zero attached hydrogens (tertiary/aromatic N) is 1. The lowest BCUT2D eigenvalue weighted by molar-refractivity contribution is 0.331. The summed E-state index contributed by atoms with van der Waals surface area (Å²) in [5.41, 5.74) is 1.39. The molecule has 0 aliphatic carbocycles. The molecule has 1 fully saturated rings. The minimum Gasteiger partial charge on any atom is -0.300 e. The predicted octanol–water partition coefficient (Wildman–Crippen LogP) is 1.85. The molecule has 0 spiro atoms. The highest BCUT2D eigenvalue weighted by atomic mass is 15.1. The Bertz CT molecular complexity index is 260. The molecule has 1 aliphatic heterocycles. The molecule has 1 heterocycles. The van der Waals surface area contributed by atoms with Gasteiger partial charge in [0.1, 0.15) is 0 Å². The highest BCUT2D eigenvalue weighted by Crippen LogP contribution is 2.19. The second-order valence-corrected chi connectivity index (χ2v) is 3.77. The summed E-state index contributed by atoms with van der Waals surface area (Å²) in [5.74, 6) is 0.392. The topological polar surface area (TPSA) is 3.24 Å². The van der Waals surface area contributed by atoms with Crippen LogP contribution in [0.15, 0.2) is 30.3 Å². The van der Waals surface area contributed by atoms with Crippen molar-refractivity contribution in [1.29, 1.82) is 0 Å². The van der Waals surface area contributed by atoms with Gasteiger partial charge >= 0.3 is 0 Å². The van der Waals surface area contributed by atoms with Gasteiger partial charge in [0.2, 0.25) is 0 Å². The summed E-state index contributed by atoms with van der Waals surface area (Å²) in [5, 5.41) is 0. The standard InChI is InChI=1S/C11H14BN/c12-11-6-7-13(9-11)8-10-4-2-1-3-5-10/h1-5,11H,6-9H2. The van der Waals surface area contributed by atoms with Crippen LogP contribution >= 0.6 is 0 Å². The first-order valence-electron chi connectivity index (χ1n) is 4.86. The van der Waals surface area contributed by atoms with Crippen molar-refractivity contribution in [3.63, 3.8) is 0 Å². The minimum atomic E-state index is 0.392. The maximum absolute atomic E-state index is 5.84. The van der Waals surface area contributed by atoms with Crippen LogP contribution in [0.1, 0.15) is 12.0 Å². The average molecular weight is 171 g/mol. The van der Waals surface area contributed by atoms with Gasteiger partial charge in [0.15, 0.2) is 0 Å². The fourth-order valence-corrected chi connectivity index (χ4v) is 1.85. The summed E-state index contributed by atoms with van der Waals surface area (Å²) in [6, 6.07) is 10.6. The largest absolute Gasteiger partial charge is 0.300 e. The van der Waals surface area contributed by atoms with E-state index in [2.05, 4.69) is 35.2 Å². The lowest BCUT2D eigenvalue weighted by Gasteiger charge is -2.14. The Morgan fingerprint density at radius 2 is 2.08 bits per heavy atom. The summed E-state index contributed by atoms with van der Waals surface area (Å²) in [6.07, 6.45) is 1.15. The molecule has 2 rings (SSSR count). The molecule has 1 aliphatic rings. The SMILES string of the molecule is [B]C1CCN(Cc2ccccc2)C1. The van der Waals surface area contributed by atoms with E-state index in [0.29, 0.717) is 5.82 Å². The van der Waals surface area contributed by atoms with Crippen LogP contribution < -0.4 is 0 Å². The summed E-state index contributed by atoms with van der Waals surface area (Å²) >= 11 is 0. The van der Waals surface area contributed by atoms with Gasteiger partial charge in [-0.15, -0.1) is 0 Å². The third kappa shape index (κ3) is 2.34. The zero-order chi connectivity index (χ0) is 9.10. The molecule has 0 bridgehead atoms. The molecule has 0 saturated carbocycles. The van der Waals surface area contributed by atoms with Gasteiger partial charge in [-0.25, -0.2) is 0 Å². The Morgan fingerprint density at radius 3 is 2.69 bits per heavy atom. The molecule has 1 atom stereocenters. The molecule has 2 radical (unpaired) electrons. The average Bonchev–Trinajstić information content (AvgIpc) is 2.53. The second-order valence-electron chi connectivity index (χ2n) is 3.77. The molecule has 0 amide bonds. The Balaban J connectivity index is 1.92. The lowest BCUT2D eigenvalue weighted by atomic mass is 9.87. The normalized spacial score (nSPS) is 23.5. The predicted molar refractivity (Wildman–Crippen MR) is 55.8 cm³/mol. The first-order chi connectivity index (χ1) is 6.34. The van der Waals surface area contributed by atoms with E-state index in [1.54, 1.807) is 0 Å². The van der Waals surface area contributed by atoms with Gasteiger partial charge in [0.05, 0.1) is 7.85 Å². The quantitative estimate of drug-likeness (QED) is 0.613. The maximum atomic E-state index is 5.84. The molecule has 1 aromatic rings. The Hall–Kier alpha value is -0.755. The molecule has 13 heavy (non-hydrogen) atoms. The van der Waals surface area contributed by atoms with Crippen molar-refractivity contribution in [1.82, 2.24) is 4.90 Å². The molecule has 0 N–H and O–H groups in total. The van der Waals surface area contributed by atoms with Crippen LogP contribution in [-0.2, 0) is 6.54 Å². The van der Waals surface area contributed by atoms with Crippen molar-refractivity contribution in [2.75, 3.05) is 13.1 Å². The highest BCUT2D eigenvalue weighted by Gasteiger charge is 2.17. The maximum Gasteiger partial charge on any atom is 0.0717 e. The van der Waals surface area contributed by atoms with Crippen molar-refractivity contribution in [3.05, 3.63) is 35.9 Å². The number of hydrogen-bond acceptors (Lipinski definition) is 1. The van der Waals surface area contributed by atoms with Crippen molar-refractivity contribution in [3.8, 4) is 0 Å². The highest BCUT2D eigenvalue weighted by molar-refractivity contribution is 6.11. The summed E-state index contributed by atoms with van der Waals surface area (Å²) in [4.78, 5) is 2.42. The summed E-state index contributed by atoms with van der Waals surface area (Å²) in [7, 11) is 5.84. The number of hydrogen-bond donors (Lipinski definition) is 0. The first-order valence-corrected chi connectivity index (χ1v) is 4.86. The fraction of sp³-hybridized carbons (Fsp3) is 0.455. The van der Waals surface area contributed by atoms with Crippen LogP contribution in [0.4, 0.5) is 0 Å². The summed E-state index contributed by atoms with van der Waals surface area (Å²) in [6.45, 7) is 3.25. The third-order valence-electron chi connectivity index (χ3n) is 2.56. The van der Waals surface area contributed by atoms with Crippen molar-refractivity contribution in [2.45, 2.75) is 18.8 Å². The molecule has 1 unspecified atom stereocenters. The molecule has 1 aromatic carbocycles. The van der Waals surface area contributed by atoms with Gasteiger partial charge in [-0.05, 0) is 25.1 Å². The van der Waals surface area contributed by atoms with Gasteiger partial charge in [-0.3, -0.25) is 4.90 Å². The van der Waals surface area contributed by atoms with E-state index in [1.165, 1.54) is 5.56 Å². The molecule has 1 saturated heterocycles. The van der Waals surface area contributed by atoms with Crippen LogP contribution in [0.25, 0.3) is 0 Å². The smallest absolute Gasteiger partial charge is 0.0717 e. The zero-order valence-corrected chi connectivity index (χ0v) is 7.82. The van der Waals surface area contributed by atoms with Crippen molar-refractivity contribution in [2.24, 2.45) is 0 Å². The van der Waals surface area contributed by atoms with E-state index in [4.69, 9.17) is 7.85 Å². The third-order valence-corrected chi connectivity index (χ3v) is 2.56. The monoisotopic (exact) mass is 171 g/mol. The minimum absolute atomic E-state index is 0.392. The van der Waals surface area contributed by atoms with Gasteiger partial charge in [-0.2, -0.15) is 0 Å². The molecular weight excluding hydrogens is 157 g/mol. The molecule has 2 heteroatoms. The zero-order valence-electron chi connectivity index (χ0n) is 7.82. The molecule has 66 valence electrons. The molecule has 1 nitrogen and oxygen atoms in total. The van der Waals surface area contributed by atoms with E-state index < -0.39 is 0 Å². The fourth-order valence-electron chi connectivity index (χ4n) is 1.85. The number of rotatable bonds is 2. The Labute approximate surface area is 81.2 Å². The van der Waals surface area contributed by atoms with E-state index in [-0.39, 0.29) is 0 Å². The molecular formula is C11H14BN. The second kappa shape index (κ2) is 3.97. The van der Waals surface area contributed by atoms with Gasteiger partial charge in [0, 0.05) is 6.54 Å². The lowest BCUT2D eigenvalue weighted by Crippen LogP contribution is -2.19. The van der Waals surface area contributed by atoms with Crippen LogP contribution in [-0.4, -0.2) is 25.8 Å². The first kappa shape index (κ1) is 8.83. The van der Waals surface area contributed by atoms with Gasteiger partial charge in [-0.1, -0.05) is 36.1 Å². The van der Waals surface area contributed by atoms with E-state index >= 15 is 0 Å². The van der Waals surface area contributed by atoms with E-state index in [0.717, 1.165) is 26.1 Å². The number of likely N-dealkylation sites (tertiary alicyclic amines) is 1. The summed E-state index contributed by atoms with van der Waals surface area (Å²) < 4.78 is 0. The van der Waals surface area contributed by atoms with Gasteiger partial charge < -0.3 is 0 Å². The Morgan fingerprint density at radius 1 is 1.31 bits per heavy atom.